The number of nitro groups is 1. The zero-order valence-electron chi connectivity index (χ0n) is 9.83. The molecule has 1 heterocycles. The molecule has 1 aromatic heterocycles. The fourth-order valence-electron chi connectivity index (χ4n) is 1.52. The van der Waals surface area contributed by atoms with Crippen molar-refractivity contribution in [1.82, 2.24) is 5.32 Å². The van der Waals surface area contributed by atoms with Gasteiger partial charge in [-0.2, -0.15) is 0 Å². The van der Waals surface area contributed by atoms with Crippen LogP contribution in [0.5, 0.6) is 0 Å². The molecule has 98 valence electrons. The summed E-state index contributed by atoms with van der Waals surface area (Å²) in [5, 5.41) is 13.3. The fraction of sp³-hybridized carbons (Fsp3) is 0.0833. The number of nitrogens with one attached hydrogen (secondary N) is 1. The predicted molar refractivity (Wildman–Crippen MR) is 67.4 cm³/mol. The highest BCUT2D eigenvalue weighted by atomic mass is 16.6. The molecule has 0 aliphatic rings. The molecule has 0 saturated carbocycles. The Kier molecular flexibility index (Phi) is 3.46. The lowest BCUT2D eigenvalue weighted by Gasteiger charge is -2.04. The number of benzene rings is 1. The standard InChI is InChI=1S/C12H11N3O4/c13-10-2-1-9(5-11(10)15(17)18)12(16)14-6-8-3-4-19-7-8/h1-5,7H,6,13H2,(H,14,16). The molecule has 2 aromatic rings. The summed E-state index contributed by atoms with van der Waals surface area (Å²) in [5.41, 5.74) is 6.19. The number of carbonyl (C=O) groups is 1. The van der Waals surface area contributed by atoms with Gasteiger partial charge in [-0.05, 0) is 18.2 Å². The maximum Gasteiger partial charge on any atom is 0.292 e. The Morgan fingerprint density at radius 2 is 2.21 bits per heavy atom. The first kappa shape index (κ1) is 12.6. The van der Waals surface area contributed by atoms with E-state index in [0.717, 1.165) is 11.6 Å². The number of furan rings is 1. The van der Waals surface area contributed by atoms with Crippen molar-refractivity contribution in [1.29, 1.82) is 0 Å². The van der Waals surface area contributed by atoms with Crippen molar-refractivity contribution in [3.63, 3.8) is 0 Å². The number of rotatable bonds is 4. The van der Waals surface area contributed by atoms with E-state index >= 15 is 0 Å². The summed E-state index contributed by atoms with van der Waals surface area (Å²) in [6, 6.07) is 5.64. The van der Waals surface area contributed by atoms with Gasteiger partial charge in [-0.3, -0.25) is 14.9 Å². The highest BCUT2D eigenvalue weighted by molar-refractivity contribution is 5.95. The van der Waals surface area contributed by atoms with E-state index in [-0.39, 0.29) is 23.5 Å². The average Bonchev–Trinajstić information content (AvgIpc) is 2.89. The molecule has 19 heavy (non-hydrogen) atoms. The van der Waals surface area contributed by atoms with Gasteiger partial charge in [0, 0.05) is 23.7 Å². The lowest BCUT2D eigenvalue weighted by molar-refractivity contribution is -0.383. The molecule has 0 saturated heterocycles. The third kappa shape index (κ3) is 2.89. The van der Waals surface area contributed by atoms with E-state index in [1.807, 2.05) is 0 Å². The molecule has 0 atom stereocenters. The van der Waals surface area contributed by atoms with Crippen molar-refractivity contribution >= 4 is 17.3 Å². The average molecular weight is 261 g/mol. The monoisotopic (exact) mass is 261 g/mol. The smallest absolute Gasteiger partial charge is 0.292 e. The number of nitrogen functional groups attached to an aromatic ring is 1. The topological polar surface area (TPSA) is 111 Å². The number of nitrogens with zero attached hydrogens (tertiary/aromatic N) is 1. The van der Waals surface area contributed by atoms with Crippen molar-refractivity contribution in [2.24, 2.45) is 0 Å². The Hall–Kier alpha value is -2.83. The quantitative estimate of drug-likeness (QED) is 0.494. The first-order valence-electron chi connectivity index (χ1n) is 5.41. The highest BCUT2D eigenvalue weighted by Crippen LogP contribution is 2.22. The van der Waals surface area contributed by atoms with Crippen LogP contribution >= 0.6 is 0 Å². The summed E-state index contributed by atoms with van der Waals surface area (Å²) in [6.07, 6.45) is 3.00. The van der Waals surface area contributed by atoms with Gasteiger partial charge in [0.05, 0.1) is 17.4 Å². The van der Waals surface area contributed by atoms with Gasteiger partial charge in [0.1, 0.15) is 5.69 Å². The zero-order valence-corrected chi connectivity index (χ0v) is 9.83. The SMILES string of the molecule is Nc1ccc(C(=O)NCc2ccoc2)cc1[N+](=O)[O-]. The summed E-state index contributed by atoms with van der Waals surface area (Å²) in [6.45, 7) is 0.285. The van der Waals surface area contributed by atoms with Gasteiger partial charge in [0.2, 0.25) is 0 Å². The van der Waals surface area contributed by atoms with E-state index in [1.165, 1.54) is 24.7 Å². The third-order valence-electron chi connectivity index (χ3n) is 2.52. The van der Waals surface area contributed by atoms with Crippen molar-refractivity contribution in [3.8, 4) is 0 Å². The van der Waals surface area contributed by atoms with Crippen LogP contribution in [0.3, 0.4) is 0 Å². The van der Waals surface area contributed by atoms with Gasteiger partial charge >= 0.3 is 0 Å². The molecule has 7 nitrogen and oxygen atoms in total. The lowest BCUT2D eigenvalue weighted by Crippen LogP contribution is -2.22. The van der Waals surface area contributed by atoms with Crippen LogP contribution in [0.15, 0.2) is 41.2 Å². The molecule has 0 unspecified atom stereocenters. The number of carbonyl (C=O) groups excluding carboxylic acids is 1. The molecule has 0 radical (unpaired) electrons. The Balaban J connectivity index is 2.11. The van der Waals surface area contributed by atoms with Gasteiger partial charge in [0.25, 0.3) is 11.6 Å². The summed E-state index contributed by atoms with van der Waals surface area (Å²) in [4.78, 5) is 21.9. The Morgan fingerprint density at radius 1 is 1.42 bits per heavy atom. The number of hydrogen-bond donors (Lipinski definition) is 2. The molecule has 0 fully saturated rings. The molecule has 1 amide bonds. The molecule has 0 aliphatic heterocycles. The van der Waals surface area contributed by atoms with Gasteiger partial charge in [-0.25, -0.2) is 0 Å². The minimum Gasteiger partial charge on any atom is -0.472 e. The van der Waals surface area contributed by atoms with E-state index in [2.05, 4.69) is 5.32 Å². The van der Waals surface area contributed by atoms with Crippen molar-refractivity contribution in [2.45, 2.75) is 6.54 Å². The van der Waals surface area contributed by atoms with E-state index < -0.39 is 10.8 Å². The highest BCUT2D eigenvalue weighted by Gasteiger charge is 2.15. The summed E-state index contributed by atoms with van der Waals surface area (Å²) < 4.78 is 4.86. The van der Waals surface area contributed by atoms with Crippen molar-refractivity contribution in [2.75, 3.05) is 5.73 Å². The first-order valence-corrected chi connectivity index (χ1v) is 5.41. The van der Waals surface area contributed by atoms with Crippen LogP contribution in [0, 0.1) is 10.1 Å². The third-order valence-corrected chi connectivity index (χ3v) is 2.52. The summed E-state index contributed by atoms with van der Waals surface area (Å²) in [5.74, 6) is -0.413. The summed E-state index contributed by atoms with van der Waals surface area (Å²) >= 11 is 0. The number of amides is 1. The maximum absolute atomic E-state index is 11.8. The van der Waals surface area contributed by atoms with Crippen LogP contribution in [0.2, 0.25) is 0 Å². The van der Waals surface area contributed by atoms with E-state index in [0.29, 0.717) is 0 Å². The fourth-order valence-corrected chi connectivity index (χ4v) is 1.52. The van der Waals surface area contributed by atoms with Crippen LogP contribution in [-0.4, -0.2) is 10.8 Å². The first-order chi connectivity index (χ1) is 9.08. The lowest BCUT2D eigenvalue weighted by atomic mass is 10.1. The number of nitro benzene ring substituents is 1. The van der Waals surface area contributed by atoms with Gasteiger partial charge < -0.3 is 15.5 Å². The molecule has 0 aliphatic carbocycles. The molecule has 1 aromatic carbocycles. The molecular formula is C12H11N3O4. The minimum absolute atomic E-state index is 0.0244. The minimum atomic E-state index is -0.623. The van der Waals surface area contributed by atoms with Crippen molar-refractivity contribution in [3.05, 3.63) is 58.0 Å². The molecular weight excluding hydrogens is 250 g/mol. The van der Waals surface area contributed by atoms with E-state index in [9.17, 15) is 14.9 Å². The second-order valence-corrected chi connectivity index (χ2v) is 3.84. The predicted octanol–water partition coefficient (Wildman–Crippen LogP) is 1.70. The zero-order chi connectivity index (χ0) is 13.8. The number of anilines is 1. The molecule has 7 heteroatoms. The van der Waals surface area contributed by atoms with Crippen LogP contribution in [0.25, 0.3) is 0 Å². The van der Waals surface area contributed by atoms with E-state index in [4.69, 9.17) is 10.2 Å². The van der Waals surface area contributed by atoms with Crippen LogP contribution < -0.4 is 11.1 Å². The van der Waals surface area contributed by atoms with Crippen LogP contribution in [0.4, 0.5) is 11.4 Å². The molecule has 3 N–H and O–H groups in total. The van der Waals surface area contributed by atoms with Gasteiger partial charge in [-0.15, -0.1) is 0 Å². The second-order valence-electron chi connectivity index (χ2n) is 3.84. The Morgan fingerprint density at radius 3 is 2.84 bits per heavy atom. The van der Waals surface area contributed by atoms with Crippen LogP contribution in [0.1, 0.15) is 15.9 Å². The normalized spacial score (nSPS) is 10.1. The summed E-state index contributed by atoms with van der Waals surface area (Å²) in [7, 11) is 0. The van der Waals surface area contributed by atoms with Gasteiger partial charge in [-0.1, -0.05) is 0 Å². The molecule has 2 rings (SSSR count). The number of hydrogen-bond acceptors (Lipinski definition) is 5. The van der Waals surface area contributed by atoms with Crippen molar-refractivity contribution < 1.29 is 14.1 Å². The molecule has 0 spiro atoms. The van der Waals surface area contributed by atoms with E-state index in [1.54, 1.807) is 6.07 Å². The van der Waals surface area contributed by atoms with Gasteiger partial charge in [0.15, 0.2) is 0 Å². The number of nitrogens with two attached hydrogens (primary N) is 1. The second kappa shape index (κ2) is 5.21. The Labute approximate surface area is 108 Å². The molecule has 0 bridgehead atoms. The largest absolute Gasteiger partial charge is 0.472 e. The maximum atomic E-state index is 11.8. The Bertz CT molecular complexity index is 607. The van der Waals surface area contributed by atoms with Crippen LogP contribution in [-0.2, 0) is 6.54 Å².